The normalized spacial score (nSPS) is 16.2. The first-order valence-corrected chi connectivity index (χ1v) is 9.62. The third-order valence-electron chi connectivity index (χ3n) is 5.19. The average Bonchev–Trinajstić information content (AvgIpc) is 3.03. The summed E-state index contributed by atoms with van der Waals surface area (Å²) in [6.07, 6.45) is 6.61. The van der Waals surface area contributed by atoms with Crippen LogP contribution in [0.1, 0.15) is 51.8 Å². The van der Waals surface area contributed by atoms with Crippen LogP contribution >= 0.6 is 0 Å². The lowest BCUT2D eigenvalue weighted by Gasteiger charge is -2.24. The molecule has 5 nitrogen and oxygen atoms in total. The second kappa shape index (κ2) is 8.68. The van der Waals surface area contributed by atoms with Crippen molar-refractivity contribution in [2.75, 3.05) is 19.8 Å². The summed E-state index contributed by atoms with van der Waals surface area (Å²) in [5.41, 5.74) is 1.94. The molecule has 0 amide bonds. The van der Waals surface area contributed by atoms with Gasteiger partial charge in [0, 0.05) is 12.6 Å². The molecule has 1 aliphatic carbocycles. The fraction of sp³-hybridized carbons (Fsp3) is 0.650. The molecule has 3 rings (SSSR count). The van der Waals surface area contributed by atoms with Crippen LogP contribution in [0.25, 0.3) is 11.0 Å². The van der Waals surface area contributed by atoms with Gasteiger partial charge in [-0.2, -0.15) is 0 Å². The van der Waals surface area contributed by atoms with Crippen molar-refractivity contribution in [1.82, 2.24) is 14.9 Å². The summed E-state index contributed by atoms with van der Waals surface area (Å²) < 4.78 is 6.14. The number of nitrogens with one attached hydrogen (secondary N) is 1. The maximum atomic E-state index is 9.25. The van der Waals surface area contributed by atoms with Gasteiger partial charge in [0.15, 0.2) is 0 Å². The van der Waals surface area contributed by atoms with Crippen LogP contribution in [-0.2, 0) is 6.54 Å². The van der Waals surface area contributed by atoms with E-state index in [0.29, 0.717) is 25.0 Å². The van der Waals surface area contributed by atoms with E-state index in [4.69, 9.17) is 9.72 Å². The summed E-state index contributed by atoms with van der Waals surface area (Å²) in [5.74, 6) is 2.48. The minimum absolute atomic E-state index is 0.161. The molecule has 0 unspecified atom stereocenters. The molecule has 0 atom stereocenters. The van der Waals surface area contributed by atoms with E-state index in [1.165, 1.54) is 32.1 Å². The Morgan fingerprint density at radius 1 is 1.28 bits per heavy atom. The standard InChI is InChI=1S/C20H31N3O2/c1-15(2)23(11-12-24)13-19-21-17-9-6-10-18(20(17)22-19)25-14-16-7-4-3-5-8-16/h6,9-10,15-16,24H,3-5,7-8,11-14H2,1-2H3,(H,21,22). The van der Waals surface area contributed by atoms with E-state index in [0.717, 1.165) is 29.2 Å². The maximum Gasteiger partial charge on any atom is 0.147 e. The van der Waals surface area contributed by atoms with Crippen LogP contribution < -0.4 is 4.74 Å². The summed E-state index contributed by atoms with van der Waals surface area (Å²) in [4.78, 5) is 10.4. The number of hydrogen-bond acceptors (Lipinski definition) is 4. The maximum absolute atomic E-state index is 9.25. The highest BCUT2D eigenvalue weighted by Gasteiger charge is 2.17. The minimum Gasteiger partial charge on any atom is -0.491 e. The topological polar surface area (TPSA) is 61.4 Å². The first-order valence-electron chi connectivity index (χ1n) is 9.62. The van der Waals surface area contributed by atoms with Gasteiger partial charge in [-0.15, -0.1) is 0 Å². The van der Waals surface area contributed by atoms with Gasteiger partial charge in [-0.05, 0) is 44.7 Å². The number of hydrogen-bond donors (Lipinski definition) is 2. The molecule has 1 aromatic carbocycles. The van der Waals surface area contributed by atoms with Gasteiger partial charge in [0.05, 0.1) is 25.3 Å². The molecule has 0 saturated heterocycles. The van der Waals surface area contributed by atoms with Gasteiger partial charge in [-0.1, -0.05) is 25.3 Å². The number of H-pyrrole nitrogens is 1. The van der Waals surface area contributed by atoms with E-state index in [1.807, 2.05) is 18.2 Å². The fourth-order valence-corrected chi connectivity index (χ4v) is 3.65. The van der Waals surface area contributed by atoms with Gasteiger partial charge in [0.2, 0.25) is 0 Å². The Hall–Kier alpha value is -1.59. The predicted molar refractivity (Wildman–Crippen MR) is 101 cm³/mol. The zero-order valence-corrected chi connectivity index (χ0v) is 15.5. The summed E-state index contributed by atoms with van der Waals surface area (Å²) in [5, 5.41) is 9.25. The van der Waals surface area contributed by atoms with Gasteiger partial charge in [0.1, 0.15) is 17.1 Å². The lowest BCUT2D eigenvalue weighted by Crippen LogP contribution is -2.33. The predicted octanol–water partition coefficient (Wildman–Crippen LogP) is 3.72. The number of para-hydroxylation sites is 1. The number of aliphatic hydroxyl groups is 1. The van der Waals surface area contributed by atoms with E-state index < -0.39 is 0 Å². The number of ether oxygens (including phenoxy) is 1. The zero-order chi connectivity index (χ0) is 17.6. The molecule has 0 radical (unpaired) electrons. The summed E-state index contributed by atoms with van der Waals surface area (Å²) in [6.45, 7) is 6.58. The van der Waals surface area contributed by atoms with Crippen molar-refractivity contribution < 1.29 is 9.84 Å². The molecule has 5 heteroatoms. The van der Waals surface area contributed by atoms with Gasteiger partial charge >= 0.3 is 0 Å². The minimum atomic E-state index is 0.161. The highest BCUT2D eigenvalue weighted by molar-refractivity contribution is 5.81. The Morgan fingerprint density at radius 3 is 2.80 bits per heavy atom. The van der Waals surface area contributed by atoms with Crippen molar-refractivity contribution in [2.24, 2.45) is 5.92 Å². The molecular weight excluding hydrogens is 314 g/mol. The average molecular weight is 345 g/mol. The first kappa shape index (κ1) is 18.2. The summed E-state index contributed by atoms with van der Waals surface area (Å²) >= 11 is 0. The molecule has 1 aromatic heterocycles. The lowest BCUT2D eigenvalue weighted by molar-refractivity contribution is 0.156. The first-order chi connectivity index (χ1) is 12.2. The van der Waals surface area contributed by atoms with E-state index in [1.54, 1.807) is 0 Å². The Morgan fingerprint density at radius 2 is 2.08 bits per heavy atom. The van der Waals surface area contributed by atoms with Gasteiger partial charge in [-0.3, -0.25) is 4.90 Å². The SMILES string of the molecule is CC(C)N(CCO)Cc1nc2c(OCC3CCCCC3)cccc2[nH]1. The highest BCUT2D eigenvalue weighted by atomic mass is 16.5. The molecule has 2 N–H and O–H groups in total. The smallest absolute Gasteiger partial charge is 0.147 e. The van der Waals surface area contributed by atoms with Crippen LogP contribution in [0, 0.1) is 5.92 Å². The Balaban J connectivity index is 1.71. The van der Waals surface area contributed by atoms with E-state index in [-0.39, 0.29) is 6.61 Å². The molecular formula is C20H31N3O2. The quantitative estimate of drug-likeness (QED) is 0.765. The van der Waals surface area contributed by atoms with Crippen LogP contribution in [0.5, 0.6) is 5.75 Å². The van der Waals surface area contributed by atoms with E-state index >= 15 is 0 Å². The highest BCUT2D eigenvalue weighted by Crippen LogP contribution is 2.28. The lowest BCUT2D eigenvalue weighted by atomic mass is 9.90. The Labute approximate surface area is 150 Å². The van der Waals surface area contributed by atoms with Crippen LogP contribution in [-0.4, -0.2) is 45.8 Å². The van der Waals surface area contributed by atoms with Crippen molar-refractivity contribution in [1.29, 1.82) is 0 Å². The van der Waals surface area contributed by atoms with Crippen molar-refractivity contribution in [2.45, 2.75) is 58.5 Å². The second-order valence-corrected chi connectivity index (χ2v) is 7.44. The Kier molecular flexibility index (Phi) is 6.32. The van der Waals surface area contributed by atoms with Crippen molar-refractivity contribution >= 4 is 11.0 Å². The number of benzene rings is 1. The largest absolute Gasteiger partial charge is 0.491 e. The van der Waals surface area contributed by atoms with Gasteiger partial charge < -0.3 is 14.8 Å². The van der Waals surface area contributed by atoms with E-state index in [2.05, 4.69) is 23.7 Å². The number of rotatable bonds is 8. The fourth-order valence-electron chi connectivity index (χ4n) is 3.65. The molecule has 1 heterocycles. The van der Waals surface area contributed by atoms with E-state index in [9.17, 15) is 5.11 Å². The number of aromatic nitrogens is 2. The van der Waals surface area contributed by atoms with Crippen LogP contribution in [0.4, 0.5) is 0 Å². The molecule has 138 valence electrons. The number of aliphatic hydroxyl groups excluding tert-OH is 1. The monoisotopic (exact) mass is 345 g/mol. The van der Waals surface area contributed by atoms with Crippen LogP contribution in [0.2, 0.25) is 0 Å². The second-order valence-electron chi connectivity index (χ2n) is 7.44. The third-order valence-corrected chi connectivity index (χ3v) is 5.19. The van der Waals surface area contributed by atoms with Gasteiger partial charge in [-0.25, -0.2) is 4.98 Å². The number of aromatic amines is 1. The Bertz CT molecular complexity index is 662. The molecule has 1 fully saturated rings. The summed E-state index contributed by atoms with van der Waals surface area (Å²) in [7, 11) is 0. The van der Waals surface area contributed by atoms with Crippen molar-refractivity contribution in [3.8, 4) is 5.75 Å². The molecule has 1 saturated carbocycles. The zero-order valence-electron chi connectivity index (χ0n) is 15.5. The summed E-state index contributed by atoms with van der Waals surface area (Å²) in [6, 6.07) is 6.45. The number of nitrogens with zero attached hydrogens (tertiary/aromatic N) is 2. The molecule has 0 spiro atoms. The van der Waals surface area contributed by atoms with Crippen molar-refractivity contribution in [3.63, 3.8) is 0 Å². The molecule has 0 bridgehead atoms. The van der Waals surface area contributed by atoms with Gasteiger partial charge in [0.25, 0.3) is 0 Å². The van der Waals surface area contributed by atoms with Crippen LogP contribution in [0.15, 0.2) is 18.2 Å². The molecule has 25 heavy (non-hydrogen) atoms. The number of imidazole rings is 1. The van der Waals surface area contributed by atoms with Crippen LogP contribution in [0.3, 0.4) is 0 Å². The molecule has 0 aliphatic heterocycles. The molecule has 1 aliphatic rings. The third kappa shape index (κ3) is 4.73. The number of fused-ring (bicyclic) bond motifs is 1. The van der Waals surface area contributed by atoms with Crippen molar-refractivity contribution in [3.05, 3.63) is 24.0 Å². The molecule has 2 aromatic rings.